The molecule has 1 aliphatic heterocycles. The lowest BCUT2D eigenvalue weighted by Gasteiger charge is -2.31. The molecule has 2 heterocycles. The minimum atomic E-state index is -3.75. The summed E-state index contributed by atoms with van der Waals surface area (Å²) in [4.78, 5) is 17.3. The maximum Gasteiger partial charge on any atom is 0.245 e. The highest BCUT2D eigenvalue weighted by Gasteiger charge is 2.34. The summed E-state index contributed by atoms with van der Waals surface area (Å²) < 4.78 is 28.1. The number of benzene rings is 2. The van der Waals surface area contributed by atoms with Crippen LogP contribution in [-0.2, 0) is 14.8 Å². The van der Waals surface area contributed by atoms with Crippen molar-refractivity contribution < 1.29 is 13.2 Å². The summed E-state index contributed by atoms with van der Waals surface area (Å²) in [7, 11) is -3.75. The van der Waals surface area contributed by atoms with E-state index in [0.717, 1.165) is 22.2 Å². The Hall–Kier alpha value is -2.77. The summed E-state index contributed by atoms with van der Waals surface area (Å²) >= 11 is 0. The normalized spacial score (nSPS) is 17.7. The monoisotopic (exact) mass is 423 g/mol. The Bertz CT molecular complexity index is 1200. The fourth-order valence-electron chi connectivity index (χ4n) is 3.86. The first kappa shape index (κ1) is 20.5. The third-order valence-corrected chi connectivity index (χ3v) is 7.64. The van der Waals surface area contributed by atoms with Gasteiger partial charge in [-0.2, -0.15) is 4.31 Å². The number of aryl methyl sites for hydroxylation is 2. The number of sulfonamides is 1. The quantitative estimate of drug-likeness (QED) is 0.690. The first-order valence-corrected chi connectivity index (χ1v) is 11.5. The molecule has 7 heteroatoms. The van der Waals surface area contributed by atoms with Crippen molar-refractivity contribution in [1.29, 1.82) is 0 Å². The number of piperidine rings is 1. The van der Waals surface area contributed by atoms with Crippen LogP contribution in [0.1, 0.15) is 24.0 Å². The highest BCUT2D eigenvalue weighted by molar-refractivity contribution is 7.89. The number of hydrogen-bond acceptors (Lipinski definition) is 4. The number of aromatic nitrogens is 1. The molecule has 0 bridgehead atoms. The zero-order chi connectivity index (χ0) is 21.3. The van der Waals surface area contributed by atoms with E-state index in [9.17, 15) is 13.2 Å². The topological polar surface area (TPSA) is 79.4 Å². The number of nitrogens with zero attached hydrogens (tertiary/aromatic N) is 2. The molecule has 1 saturated heterocycles. The maximum atomic E-state index is 13.4. The van der Waals surface area contributed by atoms with E-state index in [0.29, 0.717) is 24.9 Å². The molecule has 1 aromatic heterocycles. The molecule has 156 valence electrons. The molecule has 3 aromatic rings. The second kappa shape index (κ2) is 8.16. The van der Waals surface area contributed by atoms with Gasteiger partial charge in [-0.3, -0.25) is 9.78 Å². The lowest BCUT2D eigenvalue weighted by molar-refractivity contribution is -0.120. The van der Waals surface area contributed by atoms with Crippen LogP contribution in [0.15, 0.2) is 59.6 Å². The maximum absolute atomic E-state index is 13.4. The molecule has 1 aliphatic rings. The van der Waals surface area contributed by atoms with E-state index >= 15 is 0 Å². The Morgan fingerprint density at radius 3 is 2.70 bits per heavy atom. The number of carbonyl (C=O) groups excluding carboxylic acids is 1. The molecule has 1 fully saturated rings. The summed E-state index contributed by atoms with van der Waals surface area (Å²) in [6, 6.07) is 14.6. The average Bonchev–Trinajstić information content (AvgIpc) is 2.76. The van der Waals surface area contributed by atoms with Gasteiger partial charge >= 0.3 is 0 Å². The molecule has 0 aliphatic carbocycles. The van der Waals surface area contributed by atoms with Crippen molar-refractivity contribution in [2.24, 2.45) is 5.92 Å². The third kappa shape index (κ3) is 3.95. The number of fused-ring (bicyclic) bond motifs is 1. The molecule has 1 amide bonds. The summed E-state index contributed by atoms with van der Waals surface area (Å²) in [5.41, 5.74) is 3.46. The first-order valence-electron chi connectivity index (χ1n) is 10.1. The summed E-state index contributed by atoms with van der Waals surface area (Å²) in [6.07, 6.45) is 2.90. The largest absolute Gasteiger partial charge is 0.326 e. The molecule has 0 radical (unpaired) electrons. The van der Waals surface area contributed by atoms with Crippen molar-refractivity contribution in [3.63, 3.8) is 0 Å². The molecule has 4 rings (SSSR count). The van der Waals surface area contributed by atoms with Crippen molar-refractivity contribution >= 4 is 32.5 Å². The van der Waals surface area contributed by atoms with Gasteiger partial charge in [-0.05, 0) is 62.1 Å². The summed E-state index contributed by atoms with van der Waals surface area (Å²) in [5, 5.41) is 3.73. The number of hydrogen-bond donors (Lipinski definition) is 1. The van der Waals surface area contributed by atoms with Crippen molar-refractivity contribution in [3.05, 3.63) is 65.9 Å². The van der Waals surface area contributed by atoms with Crippen molar-refractivity contribution in [2.45, 2.75) is 31.6 Å². The number of para-hydroxylation sites is 1. The van der Waals surface area contributed by atoms with E-state index in [4.69, 9.17) is 0 Å². The van der Waals surface area contributed by atoms with Crippen LogP contribution in [0.5, 0.6) is 0 Å². The van der Waals surface area contributed by atoms with Crippen molar-refractivity contribution in [2.75, 3.05) is 18.4 Å². The number of rotatable bonds is 4. The molecular weight excluding hydrogens is 398 g/mol. The summed E-state index contributed by atoms with van der Waals surface area (Å²) in [6.45, 7) is 4.59. The van der Waals surface area contributed by atoms with Gasteiger partial charge in [0.2, 0.25) is 15.9 Å². The van der Waals surface area contributed by atoms with Gasteiger partial charge in [0.1, 0.15) is 4.90 Å². The molecule has 1 N–H and O–H groups in total. The van der Waals surface area contributed by atoms with Crippen LogP contribution in [-0.4, -0.2) is 36.7 Å². The molecule has 6 nitrogen and oxygen atoms in total. The fraction of sp³-hybridized carbons (Fsp3) is 0.304. The van der Waals surface area contributed by atoms with Crippen molar-refractivity contribution in [1.82, 2.24) is 9.29 Å². The Balaban J connectivity index is 1.55. The molecular formula is C23H25N3O3S. The van der Waals surface area contributed by atoms with Crippen LogP contribution < -0.4 is 5.32 Å². The molecule has 1 unspecified atom stereocenters. The van der Waals surface area contributed by atoms with Crippen LogP contribution >= 0.6 is 0 Å². The van der Waals surface area contributed by atoms with Gasteiger partial charge in [0.25, 0.3) is 0 Å². The van der Waals surface area contributed by atoms with Gasteiger partial charge in [0.05, 0.1) is 11.4 Å². The van der Waals surface area contributed by atoms with Gasteiger partial charge in [0, 0.05) is 30.4 Å². The lowest BCUT2D eigenvalue weighted by atomic mass is 9.98. The first-order chi connectivity index (χ1) is 14.4. The predicted molar refractivity (Wildman–Crippen MR) is 118 cm³/mol. The number of carbonyl (C=O) groups is 1. The minimum Gasteiger partial charge on any atom is -0.326 e. The van der Waals surface area contributed by atoms with Gasteiger partial charge in [-0.15, -0.1) is 0 Å². The van der Waals surface area contributed by atoms with Gasteiger partial charge in [-0.25, -0.2) is 8.42 Å². The average molecular weight is 424 g/mol. The fourth-order valence-corrected chi connectivity index (χ4v) is 5.55. The van der Waals surface area contributed by atoms with Crippen LogP contribution in [0, 0.1) is 19.8 Å². The highest BCUT2D eigenvalue weighted by Crippen LogP contribution is 2.28. The third-order valence-electron chi connectivity index (χ3n) is 5.74. The Morgan fingerprint density at radius 1 is 1.10 bits per heavy atom. The molecule has 2 aromatic carbocycles. The van der Waals surface area contributed by atoms with Crippen LogP contribution in [0.25, 0.3) is 10.9 Å². The SMILES string of the molecule is Cc1ccc(NC(=O)C2CCCN(S(=O)(=O)c3cccc4cccnc34)C2)cc1C. The zero-order valence-corrected chi connectivity index (χ0v) is 17.9. The molecule has 0 spiro atoms. The number of amides is 1. The Kier molecular flexibility index (Phi) is 5.58. The Labute approximate surface area is 177 Å². The highest BCUT2D eigenvalue weighted by atomic mass is 32.2. The second-order valence-electron chi connectivity index (χ2n) is 7.82. The zero-order valence-electron chi connectivity index (χ0n) is 17.1. The van der Waals surface area contributed by atoms with Gasteiger partial charge < -0.3 is 5.32 Å². The number of anilines is 1. The predicted octanol–water partition coefficient (Wildman–Crippen LogP) is 3.89. The van der Waals surface area contributed by atoms with E-state index in [1.54, 1.807) is 24.4 Å². The van der Waals surface area contributed by atoms with E-state index in [1.807, 2.05) is 44.2 Å². The van der Waals surface area contributed by atoms with E-state index in [-0.39, 0.29) is 17.3 Å². The van der Waals surface area contributed by atoms with Crippen molar-refractivity contribution in [3.8, 4) is 0 Å². The van der Waals surface area contributed by atoms with Gasteiger partial charge in [0.15, 0.2) is 0 Å². The van der Waals surface area contributed by atoms with Crippen LogP contribution in [0.2, 0.25) is 0 Å². The molecule has 1 atom stereocenters. The van der Waals surface area contributed by atoms with Gasteiger partial charge in [-0.1, -0.05) is 24.3 Å². The molecule has 0 saturated carbocycles. The molecule has 30 heavy (non-hydrogen) atoms. The smallest absolute Gasteiger partial charge is 0.245 e. The van der Waals surface area contributed by atoms with Crippen LogP contribution in [0.3, 0.4) is 0 Å². The van der Waals surface area contributed by atoms with Crippen LogP contribution in [0.4, 0.5) is 5.69 Å². The van der Waals surface area contributed by atoms with E-state index in [2.05, 4.69) is 10.3 Å². The van der Waals surface area contributed by atoms with E-state index in [1.165, 1.54) is 4.31 Å². The standard InChI is InChI=1S/C23H25N3O3S/c1-16-10-11-20(14-17(16)2)25-23(27)19-8-5-13-26(15-19)30(28,29)21-9-3-6-18-7-4-12-24-22(18)21/h3-4,6-7,9-12,14,19H,5,8,13,15H2,1-2H3,(H,25,27). The second-order valence-corrected chi connectivity index (χ2v) is 9.73. The Morgan fingerprint density at radius 2 is 1.90 bits per heavy atom. The minimum absolute atomic E-state index is 0.144. The number of pyridine rings is 1. The summed E-state index contributed by atoms with van der Waals surface area (Å²) in [5.74, 6) is -0.535. The van der Waals surface area contributed by atoms with E-state index < -0.39 is 15.9 Å². The number of nitrogens with one attached hydrogen (secondary N) is 1. The lowest BCUT2D eigenvalue weighted by Crippen LogP contribution is -2.43.